The molecule has 0 aliphatic heterocycles. The van der Waals surface area contributed by atoms with Crippen molar-refractivity contribution in [2.24, 2.45) is 5.73 Å². The lowest BCUT2D eigenvalue weighted by molar-refractivity contribution is 1.38. The van der Waals surface area contributed by atoms with Gasteiger partial charge in [-0.25, -0.2) is 0 Å². The van der Waals surface area contributed by atoms with Crippen LogP contribution in [-0.4, -0.2) is 5.11 Å². The van der Waals surface area contributed by atoms with Crippen LogP contribution in [-0.2, 0) is 5.75 Å². The van der Waals surface area contributed by atoms with Gasteiger partial charge in [0.1, 0.15) is 0 Å². The van der Waals surface area contributed by atoms with Gasteiger partial charge in [0.05, 0.1) is 0 Å². The van der Waals surface area contributed by atoms with Crippen LogP contribution in [0.1, 0.15) is 5.56 Å². The molecule has 0 aliphatic rings. The van der Waals surface area contributed by atoms with Gasteiger partial charge in [-0.1, -0.05) is 23.7 Å². The molecule has 1 aromatic rings. The molecule has 0 aromatic heterocycles. The van der Waals surface area contributed by atoms with Gasteiger partial charge in [-0.3, -0.25) is 0 Å². The molecule has 1 rings (SSSR count). The summed E-state index contributed by atoms with van der Waals surface area (Å²) >= 11 is 11.9. The van der Waals surface area contributed by atoms with Crippen molar-refractivity contribution in [3.05, 3.63) is 34.9 Å². The zero-order valence-electron chi connectivity index (χ0n) is 7.20. The van der Waals surface area contributed by atoms with Crippen LogP contribution in [0.4, 0.5) is 0 Å². The number of hydrogen-bond acceptors (Lipinski definition) is 2. The van der Waals surface area contributed by atoms with E-state index in [1.54, 1.807) is 0 Å². The highest BCUT2D eigenvalue weighted by atomic mass is 35.5. The summed E-state index contributed by atoms with van der Waals surface area (Å²) in [6.45, 7) is 0. The number of halogens is 2. The Kier molecular flexibility index (Phi) is 7.09. The van der Waals surface area contributed by atoms with Crippen LogP contribution >= 0.6 is 48.2 Å². The van der Waals surface area contributed by atoms with E-state index in [1.165, 1.54) is 17.5 Å². The second-order valence-corrected chi connectivity index (χ2v) is 4.04. The Morgan fingerprint density at radius 3 is 2.50 bits per heavy atom. The first kappa shape index (κ1) is 13.8. The predicted octanol–water partition coefficient (Wildman–Crippen LogP) is 2.74. The zero-order valence-corrected chi connectivity index (χ0v) is 10.4. The molecule has 14 heavy (non-hydrogen) atoms. The minimum Gasteiger partial charge on any atom is -0.376 e. The van der Waals surface area contributed by atoms with E-state index in [9.17, 15) is 0 Å². The van der Waals surface area contributed by atoms with Crippen molar-refractivity contribution in [2.45, 2.75) is 5.75 Å². The molecule has 0 heterocycles. The van der Waals surface area contributed by atoms with Crippen molar-refractivity contribution in [3.8, 4) is 0 Å². The zero-order chi connectivity index (χ0) is 9.68. The van der Waals surface area contributed by atoms with Crippen LogP contribution in [0.2, 0.25) is 5.02 Å². The van der Waals surface area contributed by atoms with E-state index in [4.69, 9.17) is 17.3 Å². The molecule has 0 fully saturated rings. The highest BCUT2D eigenvalue weighted by Gasteiger charge is 1.93. The fourth-order valence-corrected chi connectivity index (χ4v) is 1.65. The Labute approximate surface area is 104 Å². The van der Waals surface area contributed by atoms with Crippen LogP contribution in [0.3, 0.4) is 0 Å². The first-order valence-electron chi connectivity index (χ1n) is 3.60. The normalized spacial score (nSPS) is 8.93. The summed E-state index contributed by atoms with van der Waals surface area (Å²) in [6.07, 6.45) is 0. The third-order valence-corrected chi connectivity index (χ3v) is 2.65. The Bertz CT molecular complexity index is 290. The summed E-state index contributed by atoms with van der Waals surface area (Å²) in [5.41, 5.74) is 6.44. The summed E-state index contributed by atoms with van der Waals surface area (Å²) in [4.78, 5) is 0. The van der Waals surface area contributed by atoms with E-state index >= 15 is 0 Å². The predicted molar refractivity (Wildman–Crippen MR) is 69.9 cm³/mol. The van der Waals surface area contributed by atoms with Gasteiger partial charge in [-0.2, -0.15) is 0 Å². The van der Waals surface area contributed by atoms with Crippen molar-refractivity contribution in [1.82, 2.24) is 4.72 Å². The van der Waals surface area contributed by atoms with Crippen LogP contribution < -0.4 is 10.5 Å². The quantitative estimate of drug-likeness (QED) is 0.653. The van der Waals surface area contributed by atoms with Gasteiger partial charge in [-0.05, 0) is 41.9 Å². The van der Waals surface area contributed by atoms with Crippen LogP contribution in [0.5, 0.6) is 0 Å². The van der Waals surface area contributed by atoms with Gasteiger partial charge in [0.2, 0.25) is 0 Å². The number of benzene rings is 1. The smallest absolute Gasteiger partial charge is 0.173 e. The average Bonchev–Trinajstić information content (AvgIpc) is 2.08. The van der Waals surface area contributed by atoms with Crippen molar-refractivity contribution >= 4 is 53.3 Å². The molecule has 0 unspecified atom stereocenters. The monoisotopic (exact) mass is 268 g/mol. The Hall–Kier alpha value is -0.160. The Morgan fingerprint density at radius 1 is 1.43 bits per heavy atom. The number of thiocarbonyl (C=S) groups is 1. The van der Waals surface area contributed by atoms with Crippen LogP contribution in [0.15, 0.2) is 24.3 Å². The molecule has 0 aliphatic carbocycles. The lowest BCUT2D eigenvalue weighted by Gasteiger charge is -2.02. The van der Waals surface area contributed by atoms with Crippen LogP contribution in [0, 0.1) is 0 Å². The van der Waals surface area contributed by atoms with Gasteiger partial charge in [0.25, 0.3) is 0 Å². The van der Waals surface area contributed by atoms with E-state index in [0.717, 1.165) is 10.8 Å². The molecule has 0 radical (unpaired) electrons. The largest absolute Gasteiger partial charge is 0.376 e. The van der Waals surface area contributed by atoms with Crippen molar-refractivity contribution in [1.29, 1.82) is 0 Å². The SMILES string of the molecule is Cl.NC(=S)NSCc1ccc(Cl)cc1. The molecule has 0 bridgehead atoms. The summed E-state index contributed by atoms with van der Waals surface area (Å²) in [6, 6.07) is 7.66. The second kappa shape index (κ2) is 7.17. The minimum absolute atomic E-state index is 0. The van der Waals surface area contributed by atoms with Crippen molar-refractivity contribution in [3.63, 3.8) is 0 Å². The topological polar surface area (TPSA) is 38.0 Å². The third-order valence-electron chi connectivity index (χ3n) is 1.32. The standard InChI is InChI=1S/C8H9ClN2S2.ClH/c9-7-3-1-6(2-4-7)5-13-11-8(10)12;/h1-4H,5H2,(H3,10,11,12);1H. The van der Waals surface area contributed by atoms with E-state index in [1.807, 2.05) is 24.3 Å². The van der Waals surface area contributed by atoms with Gasteiger partial charge in [0, 0.05) is 10.8 Å². The molecule has 6 heteroatoms. The first-order valence-corrected chi connectivity index (χ1v) is 5.37. The average molecular weight is 269 g/mol. The van der Waals surface area contributed by atoms with Gasteiger partial charge < -0.3 is 10.5 Å². The highest BCUT2D eigenvalue weighted by Crippen LogP contribution is 2.13. The summed E-state index contributed by atoms with van der Waals surface area (Å²) in [7, 11) is 0. The number of rotatable bonds is 3. The number of nitrogens with one attached hydrogen (secondary N) is 1. The number of hydrogen-bond donors (Lipinski definition) is 2. The Morgan fingerprint density at radius 2 is 2.00 bits per heavy atom. The molecular formula is C8H10Cl2N2S2. The molecule has 1 aromatic carbocycles. The Balaban J connectivity index is 0.00000169. The number of nitrogens with two attached hydrogens (primary N) is 1. The second-order valence-electron chi connectivity index (χ2n) is 2.38. The fourth-order valence-electron chi connectivity index (χ4n) is 0.771. The van der Waals surface area contributed by atoms with Gasteiger partial charge in [0.15, 0.2) is 5.11 Å². The molecule has 0 spiro atoms. The van der Waals surface area contributed by atoms with Gasteiger partial charge in [-0.15, -0.1) is 12.4 Å². The van der Waals surface area contributed by atoms with Gasteiger partial charge >= 0.3 is 0 Å². The summed E-state index contributed by atoms with van der Waals surface area (Å²) < 4.78 is 2.80. The van der Waals surface area contributed by atoms with E-state index in [0.29, 0.717) is 5.11 Å². The maximum Gasteiger partial charge on any atom is 0.173 e. The molecule has 78 valence electrons. The molecule has 0 saturated heterocycles. The molecule has 0 atom stereocenters. The minimum atomic E-state index is 0. The lowest BCUT2D eigenvalue weighted by Crippen LogP contribution is -2.22. The molecule has 0 saturated carbocycles. The van der Waals surface area contributed by atoms with E-state index in [-0.39, 0.29) is 12.4 Å². The summed E-state index contributed by atoms with van der Waals surface area (Å²) in [5.74, 6) is 0.814. The molecular weight excluding hydrogens is 259 g/mol. The highest BCUT2D eigenvalue weighted by molar-refractivity contribution is 7.98. The third kappa shape index (κ3) is 5.54. The fraction of sp³-hybridized carbons (Fsp3) is 0.125. The molecule has 0 amide bonds. The molecule has 3 N–H and O–H groups in total. The lowest BCUT2D eigenvalue weighted by atomic mass is 10.2. The summed E-state index contributed by atoms with van der Waals surface area (Å²) in [5, 5.41) is 1.05. The maximum atomic E-state index is 5.73. The maximum absolute atomic E-state index is 5.73. The van der Waals surface area contributed by atoms with Crippen LogP contribution in [0.25, 0.3) is 0 Å². The van der Waals surface area contributed by atoms with E-state index in [2.05, 4.69) is 16.9 Å². The van der Waals surface area contributed by atoms with Crippen molar-refractivity contribution < 1.29 is 0 Å². The van der Waals surface area contributed by atoms with Crippen molar-refractivity contribution in [2.75, 3.05) is 0 Å². The molecule has 2 nitrogen and oxygen atoms in total. The van der Waals surface area contributed by atoms with E-state index < -0.39 is 0 Å². The first-order chi connectivity index (χ1) is 6.18.